The molecule has 2 atom stereocenters. The van der Waals surface area contributed by atoms with Crippen LogP contribution in [-0.2, 0) is 20.6 Å². The Morgan fingerprint density at radius 1 is 1.15 bits per heavy atom. The first-order valence-electron chi connectivity index (χ1n) is 7.19. The van der Waals surface area contributed by atoms with Crippen molar-refractivity contribution >= 4 is 0 Å². The van der Waals surface area contributed by atoms with Crippen LogP contribution >= 0.6 is 0 Å². The van der Waals surface area contributed by atoms with Crippen LogP contribution in [0.5, 0.6) is 0 Å². The highest BCUT2D eigenvalue weighted by Crippen LogP contribution is 2.20. The van der Waals surface area contributed by atoms with Crippen LogP contribution in [-0.4, -0.2) is 26.2 Å². The van der Waals surface area contributed by atoms with Crippen molar-refractivity contribution in [3.05, 3.63) is 32.6 Å². The molecule has 1 fully saturated rings. The second-order valence-electron chi connectivity index (χ2n) is 5.75. The maximum Gasteiger partial charge on any atom is 0.330 e. The van der Waals surface area contributed by atoms with Crippen molar-refractivity contribution in [2.75, 3.05) is 0 Å². The van der Waals surface area contributed by atoms with Gasteiger partial charge in [-0.1, -0.05) is 6.42 Å². The van der Waals surface area contributed by atoms with Crippen LogP contribution in [0.3, 0.4) is 0 Å². The minimum Gasteiger partial charge on any atom is -0.299 e. The van der Waals surface area contributed by atoms with E-state index in [0.29, 0.717) is 24.3 Å². The molecule has 2 heterocycles. The van der Waals surface area contributed by atoms with Gasteiger partial charge < -0.3 is 0 Å². The summed E-state index contributed by atoms with van der Waals surface area (Å²) in [5.74, 6) is 0. The lowest BCUT2D eigenvalue weighted by atomic mass is 10.00. The Labute approximate surface area is 119 Å². The van der Waals surface area contributed by atoms with Gasteiger partial charge in [0, 0.05) is 37.9 Å². The number of hydrogen-bond donors (Lipinski definition) is 1. The lowest BCUT2D eigenvalue weighted by molar-refractivity contribution is 0.0426. The number of nitrogens with one attached hydrogen (secondary N) is 1. The zero-order valence-electron chi connectivity index (χ0n) is 12.7. The van der Waals surface area contributed by atoms with Gasteiger partial charge in [-0.05, 0) is 26.7 Å². The maximum atomic E-state index is 11.9. The summed E-state index contributed by atoms with van der Waals surface area (Å²) in [6.45, 7) is 4.90. The van der Waals surface area contributed by atoms with Crippen LogP contribution in [0.2, 0.25) is 0 Å². The molecule has 0 saturated carbocycles. The molecule has 1 N–H and O–H groups in total. The molecule has 1 saturated heterocycles. The predicted molar refractivity (Wildman–Crippen MR) is 78.4 cm³/mol. The van der Waals surface area contributed by atoms with Crippen LogP contribution < -0.4 is 16.7 Å². The first-order chi connectivity index (χ1) is 9.41. The van der Waals surface area contributed by atoms with E-state index in [4.69, 9.17) is 0 Å². The summed E-state index contributed by atoms with van der Waals surface area (Å²) >= 11 is 0. The minimum atomic E-state index is -0.283. The molecule has 0 aliphatic carbocycles. The summed E-state index contributed by atoms with van der Waals surface area (Å²) < 4.78 is 2.64. The number of hydrazine groups is 1. The van der Waals surface area contributed by atoms with Crippen molar-refractivity contribution in [3.8, 4) is 0 Å². The Bertz CT molecular complexity index is 580. The number of hydrogen-bond acceptors (Lipinski definition) is 4. The van der Waals surface area contributed by atoms with Gasteiger partial charge in [-0.25, -0.2) is 15.2 Å². The SMILES string of the molecule is CC1CCCC(C)N1NCc1cc(=O)n(C)c(=O)n1C. The molecule has 0 bridgehead atoms. The molecule has 1 aromatic heterocycles. The third-order valence-corrected chi connectivity index (χ3v) is 4.26. The van der Waals surface area contributed by atoms with Gasteiger partial charge in [0.05, 0.1) is 6.54 Å². The van der Waals surface area contributed by atoms with E-state index >= 15 is 0 Å². The molecule has 20 heavy (non-hydrogen) atoms. The van der Waals surface area contributed by atoms with Crippen LogP contribution in [0, 0.1) is 0 Å². The van der Waals surface area contributed by atoms with E-state index in [-0.39, 0.29) is 11.2 Å². The summed E-state index contributed by atoms with van der Waals surface area (Å²) in [5.41, 5.74) is 3.55. The molecule has 1 aliphatic rings. The van der Waals surface area contributed by atoms with E-state index in [9.17, 15) is 9.59 Å². The zero-order chi connectivity index (χ0) is 14.9. The fraction of sp³-hybridized carbons (Fsp3) is 0.714. The summed E-state index contributed by atoms with van der Waals surface area (Å²) in [7, 11) is 3.19. The molecule has 112 valence electrons. The topological polar surface area (TPSA) is 59.3 Å². The standard InChI is InChI=1S/C14H24N4O2/c1-10-6-5-7-11(2)18(10)15-9-12-8-13(19)17(4)14(20)16(12)3/h8,10-11,15H,5-7,9H2,1-4H3. The van der Waals surface area contributed by atoms with Crippen molar-refractivity contribution in [2.45, 2.75) is 51.7 Å². The van der Waals surface area contributed by atoms with Crippen molar-refractivity contribution in [1.82, 2.24) is 19.6 Å². The van der Waals surface area contributed by atoms with Gasteiger partial charge in [-0.2, -0.15) is 0 Å². The third kappa shape index (κ3) is 2.86. The summed E-state index contributed by atoms with van der Waals surface area (Å²) in [6, 6.07) is 2.47. The molecular formula is C14H24N4O2. The van der Waals surface area contributed by atoms with Crippen molar-refractivity contribution in [1.29, 1.82) is 0 Å². The van der Waals surface area contributed by atoms with Crippen molar-refractivity contribution < 1.29 is 0 Å². The fourth-order valence-corrected chi connectivity index (χ4v) is 2.85. The largest absolute Gasteiger partial charge is 0.330 e. The highest BCUT2D eigenvalue weighted by Gasteiger charge is 2.24. The van der Waals surface area contributed by atoms with Crippen LogP contribution in [0.25, 0.3) is 0 Å². The Morgan fingerprint density at radius 3 is 2.35 bits per heavy atom. The fourth-order valence-electron chi connectivity index (χ4n) is 2.85. The van der Waals surface area contributed by atoms with E-state index < -0.39 is 0 Å². The third-order valence-electron chi connectivity index (χ3n) is 4.26. The minimum absolute atomic E-state index is 0.260. The average Bonchev–Trinajstić information content (AvgIpc) is 2.41. The number of rotatable bonds is 3. The summed E-state index contributed by atoms with van der Waals surface area (Å²) in [4.78, 5) is 23.6. The molecule has 1 aliphatic heterocycles. The number of nitrogens with zero attached hydrogens (tertiary/aromatic N) is 3. The first-order valence-corrected chi connectivity index (χ1v) is 7.19. The molecule has 0 aromatic carbocycles. The molecule has 6 heteroatoms. The van der Waals surface area contributed by atoms with E-state index in [2.05, 4.69) is 24.3 Å². The normalized spacial score (nSPS) is 24.0. The van der Waals surface area contributed by atoms with Crippen LogP contribution in [0.4, 0.5) is 0 Å². The van der Waals surface area contributed by atoms with Gasteiger partial charge in [-0.15, -0.1) is 0 Å². The highest BCUT2D eigenvalue weighted by molar-refractivity contribution is 5.01. The molecule has 0 radical (unpaired) electrons. The predicted octanol–water partition coefficient (Wildman–Crippen LogP) is 0.352. The Kier molecular flexibility index (Phi) is 4.45. The van der Waals surface area contributed by atoms with E-state index in [1.54, 1.807) is 7.05 Å². The van der Waals surface area contributed by atoms with Gasteiger partial charge in [0.1, 0.15) is 0 Å². The second kappa shape index (κ2) is 5.93. The Balaban J connectivity index is 2.15. The maximum absolute atomic E-state index is 11.9. The van der Waals surface area contributed by atoms with Gasteiger partial charge in [0.15, 0.2) is 0 Å². The molecular weight excluding hydrogens is 256 g/mol. The Morgan fingerprint density at radius 2 is 1.75 bits per heavy atom. The van der Waals surface area contributed by atoms with Gasteiger partial charge in [-0.3, -0.25) is 13.9 Å². The molecule has 2 unspecified atom stereocenters. The molecule has 6 nitrogen and oxygen atoms in total. The monoisotopic (exact) mass is 280 g/mol. The first kappa shape index (κ1) is 15.0. The molecule has 0 amide bonds. The van der Waals surface area contributed by atoms with Crippen LogP contribution in [0.1, 0.15) is 38.8 Å². The van der Waals surface area contributed by atoms with Crippen molar-refractivity contribution in [3.63, 3.8) is 0 Å². The van der Waals surface area contributed by atoms with E-state index in [1.165, 1.54) is 36.9 Å². The van der Waals surface area contributed by atoms with E-state index in [0.717, 1.165) is 4.57 Å². The number of aromatic nitrogens is 2. The van der Waals surface area contributed by atoms with Crippen LogP contribution in [0.15, 0.2) is 15.7 Å². The lowest BCUT2D eigenvalue weighted by Crippen LogP contribution is -2.52. The Hall–Kier alpha value is -1.40. The summed E-state index contributed by atoms with van der Waals surface area (Å²) in [6.07, 6.45) is 3.60. The highest BCUT2D eigenvalue weighted by atomic mass is 16.2. The van der Waals surface area contributed by atoms with Crippen molar-refractivity contribution in [2.24, 2.45) is 14.1 Å². The zero-order valence-corrected chi connectivity index (χ0v) is 12.7. The van der Waals surface area contributed by atoms with Gasteiger partial charge in [0.25, 0.3) is 5.56 Å². The van der Waals surface area contributed by atoms with E-state index in [1.807, 2.05) is 0 Å². The van der Waals surface area contributed by atoms with Gasteiger partial charge >= 0.3 is 5.69 Å². The molecule has 2 rings (SSSR count). The number of piperidine rings is 1. The molecule has 0 spiro atoms. The van der Waals surface area contributed by atoms with Gasteiger partial charge in [0.2, 0.25) is 0 Å². The molecule has 1 aromatic rings. The smallest absolute Gasteiger partial charge is 0.299 e. The lowest BCUT2D eigenvalue weighted by Gasteiger charge is -2.39. The quantitative estimate of drug-likeness (QED) is 0.868. The second-order valence-corrected chi connectivity index (χ2v) is 5.75. The summed E-state index contributed by atoms with van der Waals surface area (Å²) in [5, 5.41) is 2.24. The average molecular weight is 280 g/mol.